The fourth-order valence-electron chi connectivity index (χ4n) is 6.33. The highest BCUT2D eigenvalue weighted by Gasteiger charge is 2.31. The third kappa shape index (κ3) is 8.49. The molecule has 3 N–H and O–H groups in total. The molecular formula is C35H43N5O6. The lowest BCUT2D eigenvalue weighted by molar-refractivity contribution is -0.899. The molecule has 5 rings (SSSR count). The van der Waals surface area contributed by atoms with Crippen LogP contribution < -0.4 is 11.1 Å². The van der Waals surface area contributed by atoms with Crippen molar-refractivity contribution in [3.63, 3.8) is 0 Å². The highest BCUT2D eigenvalue weighted by Crippen LogP contribution is 2.29. The number of likely N-dealkylation sites (N-methyl/N-ethyl adjacent to an activating group) is 1. The number of hydrogen-bond donors (Lipinski definition) is 2. The summed E-state index contributed by atoms with van der Waals surface area (Å²) >= 11 is 0. The highest BCUT2D eigenvalue weighted by atomic mass is 16.6. The molecule has 2 heterocycles. The van der Waals surface area contributed by atoms with Crippen LogP contribution in [0.15, 0.2) is 78.9 Å². The van der Waals surface area contributed by atoms with E-state index in [4.69, 9.17) is 10.5 Å². The number of carbonyl (C=O) groups excluding carboxylic acids is 3. The van der Waals surface area contributed by atoms with Crippen LogP contribution in [0.2, 0.25) is 0 Å². The Bertz CT molecular complexity index is 1500. The predicted octanol–water partition coefficient (Wildman–Crippen LogP) is 4.86. The van der Waals surface area contributed by atoms with Gasteiger partial charge < -0.3 is 35.1 Å². The lowest BCUT2D eigenvalue weighted by Crippen LogP contribution is -2.53. The summed E-state index contributed by atoms with van der Waals surface area (Å²) in [5, 5.41) is 29.4. The maximum Gasteiger partial charge on any atom is 0.411 e. The zero-order valence-electron chi connectivity index (χ0n) is 26.3. The topological polar surface area (TPSA) is 148 Å². The average Bonchev–Trinajstić information content (AvgIpc) is 3.05. The second-order valence-corrected chi connectivity index (χ2v) is 12.6. The van der Waals surface area contributed by atoms with Crippen LogP contribution in [0.1, 0.15) is 41.6 Å². The number of nitrogens with one attached hydrogen (secondary N) is 1. The molecule has 0 spiro atoms. The number of amides is 3. The van der Waals surface area contributed by atoms with Gasteiger partial charge in [-0.1, -0.05) is 60.7 Å². The number of quaternary nitrogens is 2. The molecule has 2 aliphatic rings. The van der Waals surface area contributed by atoms with Crippen LogP contribution in [-0.4, -0.2) is 84.5 Å². The lowest BCUT2D eigenvalue weighted by Gasteiger charge is -2.47. The van der Waals surface area contributed by atoms with Crippen molar-refractivity contribution in [3.8, 4) is 11.1 Å². The van der Waals surface area contributed by atoms with Crippen molar-refractivity contribution in [1.29, 1.82) is 0 Å². The number of anilines is 1. The minimum absolute atomic E-state index is 0.197. The number of ether oxygens (including phenoxy) is 1. The fourth-order valence-corrected chi connectivity index (χ4v) is 6.33. The highest BCUT2D eigenvalue weighted by molar-refractivity contribution is 5.94. The molecule has 3 aromatic carbocycles. The molecular weight excluding hydrogens is 586 g/mol. The minimum atomic E-state index is -0.546. The van der Waals surface area contributed by atoms with Crippen molar-refractivity contribution in [3.05, 3.63) is 100 Å². The van der Waals surface area contributed by atoms with Crippen molar-refractivity contribution in [2.45, 2.75) is 38.3 Å². The Kier molecular flexibility index (Phi) is 10.4. The summed E-state index contributed by atoms with van der Waals surface area (Å²) in [5.74, 6) is -0.771. The first kappa shape index (κ1) is 33.1. The second kappa shape index (κ2) is 14.4. The average molecular weight is 630 g/mol. The number of rotatable bonds is 10. The van der Waals surface area contributed by atoms with Crippen LogP contribution in [0.4, 0.5) is 10.5 Å². The van der Waals surface area contributed by atoms with E-state index in [9.17, 15) is 24.8 Å². The first-order valence-electron chi connectivity index (χ1n) is 15.9. The van der Waals surface area contributed by atoms with Crippen molar-refractivity contribution < 1.29 is 28.4 Å². The lowest BCUT2D eigenvalue weighted by atomic mass is 9.95. The summed E-state index contributed by atoms with van der Waals surface area (Å²) in [6.07, 6.45) is 0.973. The Morgan fingerprint density at radius 1 is 0.848 bits per heavy atom. The zero-order valence-corrected chi connectivity index (χ0v) is 26.3. The standard InChI is InChI=1S/C35H43N5O6/c1-38(34(42)29-13-11-26(12-14-29)25-40(45)20-15-28(16-21-40)33(36)41)19-24-39(44)22-17-30(18-23-39)46-35(43)37-32-10-6-5-9-31(32)27-7-3-2-4-8-27/h2-14,28,30H,15-25H2,1H3,(H2,36,41)(H,37,43). The zero-order chi connectivity index (χ0) is 32.7. The van der Waals surface area contributed by atoms with E-state index in [1.54, 1.807) is 36.2 Å². The number of hydroxylamine groups is 6. The van der Waals surface area contributed by atoms with E-state index in [2.05, 4.69) is 5.32 Å². The Labute approximate surface area is 269 Å². The largest absolute Gasteiger partial charge is 0.633 e. The molecule has 2 aliphatic heterocycles. The molecule has 0 aliphatic carbocycles. The number of hydrogen-bond acceptors (Lipinski definition) is 6. The van der Waals surface area contributed by atoms with Crippen molar-refractivity contribution >= 4 is 23.6 Å². The van der Waals surface area contributed by atoms with E-state index in [0.717, 1.165) is 16.7 Å². The van der Waals surface area contributed by atoms with Crippen LogP contribution >= 0.6 is 0 Å². The van der Waals surface area contributed by atoms with Gasteiger partial charge in [-0.05, 0) is 23.8 Å². The van der Waals surface area contributed by atoms with E-state index in [-0.39, 0.29) is 43.5 Å². The first-order valence-corrected chi connectivity index (χ1v) is 15.9. The second-order valence-electron chi connectivity index (χ2n) is 12.6. The monoisotopic (exact) mass is 629 g/mol. The first-order chi connectivity index (χ1) is 22.0. The summed E-state index contributed by atoms with van der Waals surface area (Å²) in [6, 6.07) is 24.3. The van der Waals surface area contributed by atoms with Gasteiger partial charge in [0.25, 0.3) is 5.91 Å². The number of benzene rings is 3. The van der Waals surface area contributed by atoms with Gasteiger partial charge in [0, 0.05) is 55.3 Å². The van der Waals surface area contributed by atoms with Gasteiger partial charge in [-0.25, -0.2) is 4.79 Å². The van der Waals surface area contributed by atoms with Gasteiger partial charge in [-0.2, -0.15) is 0 Å². The maximum atomic E-state index is 13.4. The number of likely N-dealkylation sites (tertiary alicyclic amines) is 2. The maximum absolute atomic E-state index is 13.4. The van der Waals surface area contributed by atoms with E-state index in [1.165, 1.54) is 0 Å². The number of carbonyl (C=O) groups is 3. The summed E-state index contributed by atoms with van der Waals surface area (Å²) in [7, 11) is 1.68. The normalized spacial score (nSPS) is 24.5. The Morgan fingerprint density at radius 3 is 2.11 bits per heavy atom. The molecule has 2 saturated heterocycles. The van der Waals surface area contributed by atoms with Crippen LogP contribution in [0, 0.1) is 16.3 Å². The van der Waals surface area contributed by atoms with E-state index < -0.39 is 15.4 Å². The summed E-state index contributed by atoms with van der Waals surface area (Å²) in [5.41, 5.74) is 9.24. The third-order valence-electron chi connectivity index (χ3n) is 9.27. The molecule has 11 heteroatoms. The van der Waals surface area contributed by atoms with E-state index >= 15 is 0 Å². The Balaban J connectivity index is 1.05. The van der Waals surface area contributed by atoms with Gasteiger partial charge >= 0.3 is 6.09 Å². The summed E-state index contributed by atoms with van der Waals surface area (Å²) in [4.78, 5) is 38.8. The number of nitrogens with zero attached hydrogens (tertiary/aromatic N) is 3. The van der Waals surface area contributed by atoms with Gasteiger partial charge in [0.15, 0.2) is 0 Å². The van der Waals surface area contributed by atoms with Gasteiger partial charge in [0.05, 0.1) is 45.0 Å². The van der Waals surface area contributed by atoms with Gasteiger partial charge in [-0.3, -0.25) is 14.9 Å². The minimum Gasteiger partial charge on any atom is -0.633 e. The summed E-state index contributed by atoms with van der Waals surface area (Å²) in [6.45, 7) is 2.08. The quantitative estimate of drug-likeness (QED) is 0.242. The molecule has 0 radical (unpaired) electrons. The molecule has 2 fully saturated rings. The smallest absolute Gasteiger partial charge is 0.411 e. The van der Waals surface area contributed by atoms with Crippen molar-refractivity contribution in [2.75, 3.05) is 51.6 Å². The molecule has 0 aromatic heterocycles. The molecule has 0 unspecified atom stereocenters. The van der Waals surface area contributed by atoms with Crippen LogP contribution in [0.3, 0.4) is 0 Å². The number of para-hydroxylation sites is 1. The Morgan fingerprint density at radius 2 is 1.46 bits per heavy atom. The molecule has 3 amide bonds. The number of primary amides is 1. The van der Waals surface area contributed by atoms with E-state index in [0.29, 0.717) is 63.1 Å². The number of piperidine rings is 2. The van der Waals surface area contributed by atoms with E-state index in [1.807, 2.05) is 54.6 Å². The molecule has 11 nitrogen and oxygen atoms in total. The summed E-state index contributed by atoms with van der Waals surface area (Å²) < 4.78 is 4.82. The molecule has 3 aromatic rings. The van der Waals surface area contributed by atoms with Gasteiger partial charge in [0.2, 0.25) is 5.91 Å². The van der Waals surface area contributed by atoms with Crippen molar-refractivity contribution in [1.82, 2.24) is 4.90 Å². The molecule has 46 heavy (non-hydrogen) atoms. The van der Waals surface area contributed by atoms with Crippen LogP contribution in [0.25, 0.3) is 11.1 Å². The molecule has 0 atom stereocenters. The van der Waals surface area contributed by atoms with Crippen LogP contribution in [0.5, 0.6) is 0 Å². The molecule has 0 bridgehead atoms. The van der Waals surface area contributed by atoms with Crippen molar-refractivity contribution in [2.24, 2.45) is 11.7 Å². The number of nitrogens with two attached hydrogens (primary N) is 1. The fraction of sp³-hybridized carbons (Fsp3) is 0.400. The predicted molar refractivity (Wildman–Crippen MR) is 176 cm³/mol. The SMILES string of the molecule is CN(CC[N+]1([O-])CCC(OC(=O)Nc2ccccc2-c2ccccc2)CC1)C(=O)c1ccc(C[N+]2([O-])CCC(C(N)=O)CC2)cc1. The van der Waals surface area contributed by atoms with Crippen LogP contribution in [-0.2, 0) is 16.1 Å². The van der Waals surface area contributed by atoms with Gasteiger partial charge in [0.1, 0.15) is 12.6 Å². The van der Waals surface area contributed by atoms with Gasteiger partial charge in [-0.15, -0.1) is 0 Å². The molecule has 0 saturated carbocycles. The Hall–Kier alpha value is -4.29. The molecule has 244 valence electrons. The third-order valence-corrected chi connectivity index (χ3v) is 9.27.